The molecule has 0 aliphatic carbocycles. The van der Waals surface area contributed by atoms with E-state index in [1.54, 1.807) is 11.0 Å². The molecule has 0 bridgehead atoms. The molecule has 1 N–H and O–H groups in total. The van der Waals surface area contributed by atoms with Crippen LogP contribution in [0.5, 0.6) is 0 Å². The van der Waals surface area contributed by atoms with Gasteiger partial charge in [-0.2, -0.15) is 4.31 Å². The predicted octanol–water partition coefficient (Wildman–Crippen LogP) is 1.60. The quantitative estimate of drug-likeness (QED) is 0.703. The van der Waals surface area contributed by atoms with Crippen LogP contribution in [0.15, 0.2) is 23.1 Å². The summed E-state index contributed by atoms with van der Waals surface area (Å²) >= 11 is 0. The van der Waals surface area contributed by atoms with Crippen molar-refractivity contribution in [3.05, 3.63) is 29.3 Å². The molecule has 2 heterocycles. The summed E-state index contributed by atoms with van der Waals surface area (Å²) in [5.41, 5.74) is 1.75. The molecule has 0 aromatic heterocycles. The molecule has 2 saturated heterocycles. The monoisotopic (exact) mass is 436 g/mol. The first-order valence-electron chi connectivity index (χ1n) is 11.1. The molecule has 7 nitrogen and oxygen atoms in total. The molecular weight excluding hydrogens is 400 g/mol. The third-order valence-corrected chi connectivity index (χ3v) is 8.31. The van der Waals surface area contributed by atoms with E-state index in [0.29, 0.717) is 37.1 Å². The van der Waals surface area contributed by atoms with Crippen molar-refractivity contribution in [2.75, 3.05) is 52.4 Å². The number of nitrogens with zero attached hydrogens (tertiary/aromatic N) is 3. The van der Waals surface area contributed by atoms with Gasteiger partial charge >= 0.3 is 0 Å². The number of piperazine rings is 1. The Morgan fingerprint density at radius 1 is 1.17 bits per heavy atom. The number of sulfonamides is 1. The molecule has 8 heteroatoms. The normalized spacial score (nSPS) is 21.2. The Morgan fingerprint density at radius 2 is 1.90 bits per heavy atom. The van der Waals surface area contributed by atoms with Gasteiger partial charge < -0.3 is 10.2 Å². The number of hydrogen-bond acceptors (Lipinski definition) is 5. The van der Waals surface area contributed by atoms with Gasteiger partial charge in [0.05, 0.1) is 11.4 Å². The van der Waals surface area contributed by atoms with Crippen LogP contribution in [-0.4, -0.2) is 86.8 Å². The number of piperidine rings is 1. The second-order valence-corrected chi connectivity index (χ2v) is 10.5. The minimum atomic E-state index is -3.76. The zero-order valence-electron chi connectivity index (χ0n) is 18.6. The molecule has 1 atom stereocenters. The van der Waals surface area contributed by atoms with Gasteiger partial charge in [-0.15, -0.1) is 0 Å². The first kappa shape index (κ1) is 23.2. The average molecular weight is 437 g/mol. The van der Waals surface area contributed by atoms with Crippen LogP contribution in [-0.2, 0) is 14.8 Å². The van der Waals surface area contributed by atoms with E-state index in [1.807, 2.05) is 26.0 Å². The van der Waals surface area contributed by atoms with Crippen LogP contribution in [0.1, 0.15) is 37.3 Å². The van der Waals surface area contributed by atoms with Gasteiger partial charge in [0.15, 0.2) is 0 Å². The summed E-state index contributed by atoms with van der Waals surface area (Å²) in [5.74, 6) is -0.114. The minimum absolute atomic E-state index is 0.0993. The lowest BCUT2D eigenvalue weighted by molar-refractivity contribution is -0.132. The standard InChI is InChI=1S/C22H36N4O3S/c1-18-7-8-21(19(2)16-18)30(28,29)26(15-14-24-11-5-4-6-20(24)3)17-22(27)25-12-9-23-10-13-25/h7-8,16,20,23H,4-6,9-15,17H2,1-3H3/t20-/m1/s1. The zero-order chi connectivity index (χ0) is 21.7. The third kappa shape index (κ3) is 5.60. The van der Waals surface area contributed by atoms with Crippen LogP contribution in [0.4, 0.5) is 0 Å². The summed E-state index contributed by atoms with van der Waals surface area (Å²) in [6, 6.07) is 5.83. The van der Waals surface area contributed by atoms with Crippen LogP contribution in [0.3, 0.4) is 0 Å². The van der Waals surface area contributed by atoms with Crippen molar-refractivity contribution in [2.45, 2.75) is 51.0 Å². The molecule has 168 valence electrons. The van der Waals surface area contributed by atoms with Crippen LogP contribution in [0.2, 0.25) is 0 Å². The number of carbonyl (C=O) groups is 1. The molecule has 2 aliphatic heterocycles. The molecular formula is C22H36N4O3S. The van der Waals surface area contributed by atoms with Gasteiger partial charge in [0.25, 0.3) is 0 Å². The first-order valence-corrected chi connectivity index (χ1v) is 12.5. The molecule has 1 aromatic carbocycles. The summed E-state index contributed by atoms with van der Waals surface area (Å²) in [6.07, 6.45) is 3.51. The SMILES string of the molecule is Cc1ccc(S(=O)(=O)N(CCN2CCCC[C@H]2C)CC(=O)N2CCNCC2)c(C)c1. The van der Waals surface area contributed by atoms with E-state index in [2.05, 4.69) is 17.1 Å². The molecule has 0 unspecified atom stereocenters. The average Bonchev–Trinajstić information content (AvgIpc) is 2.72. The maximum Gasteiger partial charge on any atom is 0.243 e. The number of aryl methyl sites for hydroxylation is 2. The van der Waals surface area contributed by atoms with Crippen molar-refractivity contribution in [3.63, 3.8) is 0 Å². The van der Waals surface area contributed by atoms with Crippen LogP contribution >= 0.6 is 0 Å². The van der Waals surface area contributed by atoms with Gasteiger partial charge in [0, 0.05) is 45.3 Å². The van der Waals surface area contributed by atoms with Crippen molar-refractivity contribution < 1.29 is 13.2 Å². The molecule has 30 heavy (non-hydrogen) atoms. The van der Waals surface area contributed by atoms with Crippen molar-refractivity contribution >= 4 is 15.9 Å². The van der Waals surface area contributed by atoms with E-state index in [9.17, 15) is 13.2 Å². The largest absolute Gasteiger partial charge is 0.339 e. The maximum atomic E-state index is 13.6. The van der Waals surface area contributed by atoms with Gasteiger partial charge in [0.1, 0.15) is 0 Å². The summed E-state index contributed by atoms with van der Waals surface area (Å²) in [7, 11) is -3.76. The zero-order valence-corrected chi connectivity index (χ0v) is 19.4. The molecule has 0 radical (unpaired) electrons. The first-order chi connectivity index (χ1) is 14.3. The minimum Gasteiger partial charge on any atom is -0.339 e. The molecule has 2 aliphatic rings. The van der Waals surface area contributed by atoms with Crippen LogP contribution in [0, 0.1) is 13.8 Å². The second kappa shape index (κ2) is 10.2. The number of benzene rings is 1. The van der Waals surface area contributed by atoms with Gasteiger partial charge in [-0.25, -0.2) is 8.42 Å². The number of nitrogens with one attached hydrogen (secondary N) is 1. The van der Waals surface area contributed by atoms with E-state index < -0.39 is 10.0 Å². The van der Waals surface area contributed by atoms with E-state index in [0.717, 1.165) is 43.6 Å². The highest BCUT2D eigenvalue weighted by Crippen LogP contribution is 2.22. The third-order valence-electron chi connectivity index (χ3n) is 6.31. The summed E-state index contributed by atoms with van der Waals surface area (Å²) in [5, 5.41) is 3.23. The van der Waals surface area contributed by atoms with E-state index >= 15 is 0 Å². The molecule has 0 saturated carbocycles. The highest BCUT2D eigenvalue weighted by Gasteiger charge is 2.31. The topological polar surface area (TPSA) is 73.0 Å². The highest BCUT2D eigenvalue weighted by atomic mass is 32.2. The summed E-state index contributed by atoms with van der Waals surface area (Å²) < 4.78 is 28.5. The van der Waals surface area contributed by atoms with Crippen molar-refractivity contribution in [1.29, 1.82) is 0 Å². The van der Waals surface area contributed by atoms with Crippen LogP contribution < -0.4 is 5.32 Å². The lowest BCUT2D eigenvalue weighted by Gasteiger charge is -2.35. The Labute approximate surface area is 181 Å². The van der Waals surface area contributed by atoms with Crippen LogP contribution in [0.25, 0.3) is 0 Å². The Balaban J connectivity index is 1.80. The van der Waals surface area contributed by atoms with Gasteiger partial charge in [-0.3, -0.25) is 9.69 Å². The van der Waals surface area contributed by atoms with Crippen molar-refractivity contribution in [1.82, 2.24) is 19.4 Å². The fourth-order valence-corrected chi connectivity index (χ4v) is 5.99. The lowest BCUT2D eigenvalue weighted by Crippen LogP contribution is -2.51. The van der Waals surface area contributed by atoms with Crippen molar-refractivity contribution in [2.24, 2.45) is 0 Å². The fourth-order valence-electron chi connectivity index (χ4n) is 4.41. The van der Waals surface area contributed by atoms with Crippen molar-refractivity contribution in [3.8, 4) is 0 Å². The highest BCUT2D eigenvalue weighted by molar-refractivity contribution is 7.89. The molecule has 3 rings (SSSR count). The van der Waals surface area contributed by atoms with Gasteiger partial charge in [-0.05, 0) is 51.8 Å². The maximum absolute atomic E-state index is 13.6. The van der Waals surface area contributed by atoms with E-state index in [1.165, 1.54) is 10.7 Å². The Bertz CT molecular complexity index is 837. The summed E-state index contributed by atoms with van der Waals surface area (Å²) in [4.78, 5) is 17.3. The van der Waals surface area contributed by atoms with Gasteiger partial charge in [0.2, 0.25) is 15.9 Å². The predicted molar refractivity (Wildman–Crippen MR) is 119 cm³/mol. The number of hydrogen-bond donors (Lipinski definition) is 1. The molecule has 0 spiro atoms. The Hall–Kier alpha value is -1.48. The lowest BCUT2D eigenvalue weighted by atomic mass is 10.0. The molecule has 1 aromatic rings. The summed E-state index contributed by atoms with van der Waals surface area (Å²) in [6.45, 7) is 10.6. The number of rotatable bonds is 7. The molecule has 2 fully saturated rings. The number of likely N-dealkylation sites (tertiary alicyclic amines) is 1. The van der Waals surface area contributed by atoms with Gasteiger partial charge in [-0.1, -0.05) is 24.1 Å². The Morgan fingerprint density at radius 3 is 2.57 bits per heavy atom. The molecule has 1 amide bonds. The van der Waals surface area contributed by atoms with E-state index in [4.69, 9.17) is 0 Å². The van der Waals surface area contributed by atoms with E-state index in [-0.39, 0.29) is 12.5 Å². The smallest absolute Gasteiger partial charge is 0.243 e. The second-order valence-electron chi connectivity index (χ2n) is 8.62. The number of carbonyl (C=O) groups excluding carboxylic acids is 1. The fraction of sp³-hybridized carbons (Fsp3) is 0.682. The number of amides is 1. The Kier molecular flexibility index (Phi) is 7.90.